The first-order valence-corrected chi connectivity index (χ1v) is 11.4. The van der Waals surface area contributed by atoms with Gasteiger partial charge in [0.15, 0.2) is 0 Å². The van der Waals surface area contributed by atoms with E-state index in [0.29, 0.717) is 30.1 Å². The van der Waals surface area contributed by atoms with Crippen molar-refractivity contribution in [1.82, 2.24) is 14.6 Å². The van der Waals surface area contributed by atoms with E-state index in [-0.39, 0.29) is 36.2 Å². The number of rotatable bonds is 7. The highest BCUT2D eigenvalue weighted by Gasteiger charge is 2.33. The number of benzene rings is 1. The third-order valence-corrected chi connectivity index (χ3v) is 6.95. The summed E-state index contributed by atoms with van der Waals surface area (Å²) in [6, 6.07) is 9.33. The van der Waals surface area contributed by atoms with Crippen LogP contribution in [-0.2, 0) is 19.6 Å². The molecule has 1 aliphatic rings. The number of carbonyl (C=O) groups is 2. The van der Waals surface area contributed by atoms with Gasteiger partial charge in [0.25, 0.3) is 0 Å². The van der Waals surface area contributed by atoms with Gasteiger partial charge in [0.05, 0.1) is 10.8 Å². The van der Waals surface area contributed by atoms with Crippen molar-refractivity contribution in [1.29, 1.82) is 0 Å². The van der Waals surface area contributed by atoms with Crippen molar-refractivity contribution in [3.05, 3.63) is 53.8 Å². The number of aromatic nitrogens is 1. The van der Waals surface area contributed by atoms with Crippen LogP contribution in [0.25, 0.3) is 0 Å². The van der Waals surface area contributed by atoms with Crippen LogP contribution in [0.3, 0.4) is 0 Å². The summed E-state index contributed by atoms with van der Waals surface area (Å²) in [6.07, 6.45) is 4.46. The molecule has 0 bridgehead atoms. The number of hydrogen-bond acceptors (Lipinski definition) is 5. The summed E-state index contributed by atoms with van der Waals surface area (Å²) in [5.41, 5.74) is 0.636. The normalized spacial score (nSPS) is 17.3. The molecule has 0 aliphatic carbocycles. The third-order valence-electron chi connectivity index (χ3n) is 4.82. The van der Waals surface area contributed by atoms with E-state index < -0.39 is 15.9 Å². The fourth-order valence-corrected chi connectivity index (χ4v) is 4.88. The van der Waals surface area contributed by atoms with Crippen molar-refractivity contribution in [2.24, 2.45) is 5.92 Å². The Bertz CT molecular complexity index is 984. The number of anilines is 1. The first-order valence-electron chi connectivity index (χ1n) is 9.59. The summed E-state index contributed by atoms with van der Waals surface area (Å²) in [5, 5.41) is 5.91. The molecule has 10 heteroatoms. The van der Waals surface area contributed by atoms with E-state index in [1.54, 1.807) is 24.5 Å². The van der Waals surface area contributed by atoms with Crippen molar-refractivity contribution >= 4 is 39.1 Å². The molecule has 1 saturated heterocycles. The molecule has 160 valence electrons. The van der Waals surface area contributed by atoms with Crippen molar-refractivity contribution in [2.75, 3.05) is 25.0 Å². The molecule has 2 N–H and O–H groups in total. The molecular weight excluding hydrogens is 428 g/mol. The Labute approximate surface area is 180 Å². The predicted octanol–water partition coefficient (Wildman–Crippen LogP) is 2.28. The number of amides is 2. The number of carbonyl (C=O) groups excluding carboxylic acids is 2. The number of pyridine rings is 1. The summed E-state index contributed by atoms with van der Waals surface area (Å²) in [7, 11) is -3.69. The molecule has 2 heterocycles. The van der Waals surface area contributed by atoms with Gasteiger partial charge < -0.3 is 10.6 Å². The highest BCUT2D eigenvalue weighted by atomic mass is 35.5. The van der Waals surface area contributed by atoms with Crippen LogP contribution in [0.4, 0.5) is 5.69 Å². The van der Waals surface area contributed by atoms with Crippen LogP contribution < -0.4 is 10.6 Å². The number of sulfonamides is 1. The van der Waals surface area contributed by atoms with E-state index in [1.165, 1.54) is 28.6 Å². The van der Waals surface area contributed by atoms with Gasteiger partial charge in [-0.15, -0.1) is 0 Å². The lowest BCUT2D eigenvalue weighted by atomic mass is 9.99. The number of piperidine rings is 1. The monoisotopic (exact) mass is 450 g/mol. The van der Waals surface area contributed by atoms with Crippen molar-refractivity contribution < 1.29 is 18.0 Å². The molecule has 0 unspecified atom stereocenters. The number of halogens is 1. The van der Waals surface area contributed by atoms with E-state index >= 15 is 0 Å². The molecule has 0 saturated carbocycles. The van der Waals surface area contributed by atoms with E-state index in [2.05, 4.69) is 15.6 Å². The van der Waals surface area contributed by atoms with Gasteiger partial charge in [0.2, 0.25) is 21.8 Å². The second kappa shape index (κ2) is 10.0. The molecule has 1 aromatic heterocycles. The van der Waals surface area contributed by atoms with Crippen LogP contribution in [0.1, 0.15) is 19.3 Å². The highest BCUT2D eigenvalue weighted by Crippen LogP contribution is 2.24. The zero-order chi connectivity index (χ0) is 21.6. The number of hydrogen-bond donors (Lipinski definition) is 2. The molecule has 8 nitrogen and oxygen atoms in total. The van der Waals surface area contributed by atoms with Gasteiger partial charge in [-0.3, -0.25) is 14.6 Å². The van der Waals surface area contributed by atoms with Crippen LogP contribution in [0.15, 0.2) is 53.7 Å². The number of nitrogens with zero attached hydrogens (tertiary/aromatic N) is 2. The first kappa shape index (κ1) is 22.2. The topological polar surface area (TPSA) is 108 Å². The molecule has 0 radical (unpaired) electrons. The van der Waals surface area contributed by atoms with Gasteiger partial charge in [-0.05, 0) is 49.2 Å². The van der Waals surface area contributed by atoms with Gasteiger partial charge in [0, 0.05) is 49.2 Å². The Kier molecular flexibility index (Phi) is 7.41. The number of nitrogens with one attached hydrogen (secondary N) is 2. The summed E-state index contributed by atoms with van der Waals surface area (Å²) >= 11 is 5.84. The minimum atomic E-state index is -3.69. The summed E-state index contributed by atoms with van der Waals surface area (Å²) < 4.78 is 27.0. The first-order chi connectivity index (χ1) is 14.4. The zero-order valence-corrected chi connectivity index (χ0v) is 17.8. The second-order valence-electron chi connectivity index (χ2n) is 6.98. The molecule has 1 atom stereocenters. The lowest BCUT2D eigenvalue weighted by molar-refractivity contribution is -0.126. The van der Waals surface area contributed by atoms with Gasteiger partial charge in [-0.1, -0.05) is 11.6 Å². The molecule has 0 spiro atoms. The molecule has 1 aromatic carbocycles. The summed E-state index contributed by atoms with van der Waals surface area (Å²) in [6.45, 7) is 0.652. The quantitative estimate of drug-likeness (QED) is 0.672. The third kappa shape index (κ3) is 5.78. The summed E-state index contributed by atoms with van der Waals surface area (Å²) in [5.74, 6) is -0.927. The Morgan fingerprint density at radius 1 is 1.13 bits per heavy atom. The smallest absolute Gasteiger partial charge is 0.243 e. The predicted molar refractivity (Wildman–Crippen MR) is 113 cm³/mol. The Morgan fingerprint density at radius 2 is 1.83 bits per heavy atom. The fraction of sp³-hybridized carbons (Fsp3) is 0.350. The maximum atomic E-state index is 12.8. The van der Waals surface area contributed by atoms with Crippen LogP contribution in [0.5, 0.6) is 0 Å². The zero-order valence-electron chi connectivity index (χ0n) is 16.3. The summed E-state index contributed by atoms with van der Waals surface area (Å²) in [4.78, 5) is 28.5. The minimum Gasteiger partial charge on any atom is -0.355 e. The molecular formula is C20H23ClN4O4S. The van der Waals surface area contributed by atoms with Crippen LogP contribution in [0.2, 0.25) is 5.02 Å². The Balaban J connectivity index is 1.50. The van der Waals surface area contributed by atoms with Gasteiger partial charge in [0.1, 0.15) is 0 Å². The van der Waals surface area contributed by atoms with Gasteiger partial charge >= 0.3 is 0 Å². The van der Waals surface area contributed by atoms with E-state index in [9.17, 15) is 18.0 Å². The Morgan fingerprint density at radius 3 is 2.53 bits per heavy atom. The van der Waals surface area contributed by atoms with Gasteiger partial charge in [-0.2, -0.15) is 4.31 Å². The lowest BCUT2D eigenvalue weighted by Crippen LogP contribution is -2.45. The largest absolute Gasteiger partial charge is 0.355 e. The molecule has 2 amide bonds. The SMILES string of the molecule is O=C(CCNC(=O)[C@@H]1CCCN(S(=O)(=O)c2ccc(Cl)cc2)C1)Nc1ccncc1. The average Bonchev–Trinajstić information content (AvgIpc) is 2.75. The van der Waals surface area contributed by atoms with Crippen LogP contribution >= 0.6 is 11.6 Å². The van der Waals surface area contributed by atoms with E-state index in [1.807, 2.05) is 0 Å². The second-order valence-corrected chi connectivity index (χ2v) is 9.36. The van der Waals surface area contributed by atoms with Crippen molar-refractivity contribution in [3.8, 4) is 0 Å². The van der Waals surface area contributed by atoms with Crippen molar-refractivity contribution in [2.45, 2.75) is 24.2 Å². The molecule has 30 heavy (non-hydrogen) atoms. The molecule has 3 rings (SSSR count). The van der Waals surface area contributed by atoms with Gasteiger partial charge in [-0.25, -0.2) is 8.42 Å². The maximum absolute atomic E-state index is 12.8. The molecule has 1 aliphatic heterocycles. The molecule has 1 fully saturated rings. The van der Waals surface area contributed by atoms with Crippen LogP contribution in [-0.4, -0.2) is 49.2 Å². The minimum absolute atomic E-state index is 0.111. The highest BCUT2D eigenvalue weighted by molar-refractivity contribution is 7.89. The van der Waals surface area contributed by atoms with E-state index in [4.69, 9.17) is 11.6 Å². The average molecular weight is 451 g/mol. The lowest BCUT2D eigenvalue weighted by Gasteiger charge is -2.31. The van der Waals surface area contributed by atoms with Crippen molar-refractivity contribution in [3.63, 3.8) is 0 Å². The Hall–Kier alpha value is -2.49. The standard InChI is InChI=1S/C20H23ClN4O4S/c21-16-3-5-18(6-4-16)30(28,29)25-13-1-2-15(14-25)20(27)23-12-9-19(26)24-17-7-10-22-11-8-17/h3-8,10-11,15H,1-2,9,12-14H2,(H,23,27)(H,22,24,26)/t15-/m1/s1. The van der Waals surface area contributed by atoms with Crippen LogP contribution in [0, 0.1) is 5.92 Å². The molecule has 2 aromatic rings. The fourth-order valence-electron chi connectivity index (χ4n) is 3.23. The maximum Gasteiger partial charge on any atom is 0.243 e. The van der Waals surface area contributed by atoms with E-state index in [0.717, 1.165) is 0 Å².